The molecule has 2 aliphatic rings. The normalized spacial score (nSPS) is 17.5. The Hall–Kier alpha value is -3.10. The number of nitrogens with one attached hydrogen (secondary N) is 1. The molecule has 2 amide bonds. The van der Waals surface area contributed by atoms with Crippen LogP contribution in [-0.2, 0) is 35.6 Å². The second-order valence-electron chi connectivity index (χ2n) is 9.85. The largest absolute Gasteiger partial charge is 0.484 e. The van der Waals surface area contributed by atoms with E-state index in [4.69, 9.17) is 14.2 Å². The molecule has 0 aliphatic carbocycles. The van der Waals surface area contributed by atoms with Crippen molar-refractivity contribution in [2.75, 3.05) is 72.3 Å². The lowest BCUT2D eigenvalue weighted by Gasteiger charge is -2.30. The van der Waals surface area contributed by atoms with E-state index in [1.807, 2.05) is 0 Å². The maximum absolute atomic E-state index is 13.5. The number of nitrogens with zero attached hydrogens (tertiary/aromatic N) is 3. The van der Waals surface area contributed by atoms with Crippen LogP contribution >= 0.6 is 0 Å². The number of benzene rings is 2. The highest BCUT2D eigenvalue weighted by molar-refractivity contribution is 7.89. The first-order valence-corrected chi connectivity index (χ1v) is 15.1. The van der Waals surface area contributed by atoms with Gasteiger partial charge in [0.15, 0.2) is 6.61 Å². The molecule has 1 atom stereocenters. The maximum Gasteiger partial charge on any atom is 0.261 e. The molecule has 2 fully saturated rings. The Morgan fingerprint density at radius 3 is 2.22 bits per heavy atom. The summed E-state index contributed by atoms with van der Waals surface area (Å²) in [5.74, 6) is -0.854. The number of carbonyl (C=O) groups excluding carboxylic acids is 2. The van der Waals surface area contributed by atoms with Crippen LogP contribution in [0, 0.1) is 5.82 Å². The van der Waals surface area contributed by atoms with Crippen LogP contribution in [0.2, 0.25) is 0 Å². The number of hydrogen-bond donors (Lipinski definition) is 1. The Kier molecular flexibility index (Phi) is 11.1. The molecule has 11 nitrogen and oxygen atoms in total. The van der Waals surface area contributed by atoms with Gasteiger partial charge in [0.25, 0.3) is 5.91 Å². The van der Waals surface area contributed by atoms with Crippen molar-refractivity contribution >= 4 is 21.8 Å². The minimum absolute atomic E-state index is 0.0806. The number of morpholine rings is 2. The number of ether oxygens (including phenoxy) is 3. The Labute approximate surface area is 240 Å². The number of rotatable bonds is 12. The van der Waals surface area contributed by atoms with E-state index in [9.17, 15) is 22.4 Å². The zero-order valence-electron chi connectivity index (χ0n) is 23.2. The molecule has 2 aliphatic heterocycles. The van der Waals surface area contributed by atoms with Gasteiger partial charge in [0.1, 0.15) is 17.6 Å². The number of sulfonamides is 1. The fourth-order valence-electron chi connectivity index (χ4n) is 4.55. The van der Waals surface area contributed by atoms with Gasteiger partial charge in [0, 0.05) is 45.8 Å². The van der Waals surface area contributed by atoms with E-state index in [0.29, 0.717) is 50.8 Å². The molecule has 41 heavy (non-hydrogen) atoms. The molecule has 0 radical (unpaired) electrons. The molecule has 0 spiro atoms. The van der Waals surface area contributed by atoms with E-state index < -0.39 is 27.8 Å². The third kappa shape index (κ3) is 8.69. The number of halogens is 1. The van der Waals surface area contributed by atoms with Crippen LogP contribution in [0.4, 0.5) is 4.39 Å². The minimum Gasteiger partial charge on any atom is -0.484 e. The molecule has 0 aromatic heterocycles. The lowest BCUT2D eigenvalue weighted by molar-refractivity contribution is -0.142. The van der Waals surface area contributed by atoms with Crippen molar-refractivity contribution < 1.29 is 36.6 Å². The topological polar surface area (TPSA) is 118 Å². The van der Waals surface area contributed by atoms with Crippen molar-refractivity contribution in [2.45, 2.75) is 24.4 Å². The van der Waals surface area contributed by atoms with Crippen molar-refractivity contribution in [2.24, 2.45) is 0 Å². The van der Waals surface area contributed by atoms with Gasteiger partial charge >= 0.3 is 0 Å². The smallest absolute Gasteiger partial charge is 0.261 e. The van der Waals surface area contributed by atoms with Gasteiger partial charge in [0.2, 0.25) is 15.9 Å². The Bertz CT molecular complexity index is 1250. The summed E-state index contributed by atoms with van der Waals surface area (Å²) in [5.41, 5.74) is 0.658. The third-order valence-electron chi connectivity index (χ3n) is 7.06. The summed E-state index contributed by atoms with van der Waals surface area (Å²) in [6.07, 6.45) is 0. The Morgan fingerprint density at radius 2 is 1.59 bits per heavy atom. The molecule has 4 rings (SSSR count). The zero-order valence-corrected chi connectivity index (χ0v) is 24.0. The molecule has 0 bridgehead atoms. The van der Waals surface area contributed by atoms with Gasteiger partial charge < -0.3 is 24.4 Å². The van der Waals surface area contributed by atoms with Crippen LogP contribution < -0.4 is 10.1 Å². The number of amides is 2. The third-order valence-corrected chi connectivity index (χ3v) is 8.97. The quantitative estimate of drug-likeness (QED) is 0.390. The van der Waals surface area contributed by atoms with Gasteiger partial charge in [-0.05, 0) is 48.9 Å². The summed E-state index contributed by atoms with van der Waals surface area (Å²) in [5, 5.41) is 2.90. The predicted molar refractivity (Wildman–Crippen MR) is 148 cm³/mol. The molecule has 1 N–H and O–H groups in total. The van der Waals surface area contributed by atoms with Crippen LogP contribution in [-0.4, -0.2) is 113 Å². The summed E-state index contributed by atoms with van der Waals surface area (Å²) >= 11 is 0. The van der Waals surface area contributed by atoms with Crippen LogP contribution in [0.15, 0.2) is 53.4 Å². The second kappa shape index (κ2) is 14.7. The average Bonchev–Trinajstić information content (AvgIpc) is 3.00. The van der Waals surface area contributed by atoms with Crippen molar-refractivity contribution in [1.29, 1.82) is 0 Å². The molecule has 2 aromatic carbocycles. The highest BCUT2D eigenvalue weighted by Gasteiger charge is 2.28. The van der Waals surface area contributed by atoms with Crippen molar-refractivity contribution in [1.82, 2.24) is 19.4 Å². The highest BCUT2D eigenvalue weighted by atomic mass is 32.2. The van der Waals surface area contributed by atoms with Crippen LogP contribution in [0.3, 0.4) is 0 Å². The number of hydrogen-bond acceptors (Lipinski definition) is 8. The Balaban J connectivity index is 1.37. The van der Waals surface area contributed by atoms with Gasteiger partial charge in [-0.3, -0.25) is 14.5 Å². The average molecular weight is 593 g/mol. The van der Waals surface area contributed by atoms with Gasteiger partial charge in [-0.1, -0.05) is 12.1 Å². The second-order valence-corrected chi connectivity index (χ2v) is 11.8. The van der Waals surface area contributed by atoms with Gasteiger partial charge in [-0.25, -0.2) is 12.8 Å². The van der Waals surface area contributed by atoms with Crippen LogP contribution in [0.1, 0.15) is 12.5 Å². The fourth-order valence-corrected chi connectivity index (χ4v) is 5.96. The fraction of sp³-hybridized carbons (Fsp3) is 0.500. The van der Waals surface area contributed by atoms with Crippen molar-refractivity contribution in [3.63, 3.8) is 0 Å². The first-order valence-electron chi connectivity index (χ1n) is 13.7. The van der Waals surface area contributed by atoms with Gasteiger partial charge in [-0.2, -0.15) is 4.31 Å². The lowest BCUT2D eigenvalue weighted by atomic mass is 10.1. The standard InChI is InChI=1S/C28H37FN4O7S/c1-22(28(35)30-10-11-31-12-16-38-17-13-31)33(20-23-2-4-24(29)5-3-23)27(34)21-40-25-6-8-26(9-7-25)41(36,37)32-14-18-39-19-15-32/h2-9,22H,10-21H2,1H3,(H,30,35)/t22-/m0/s1. The highest BCUT2D eigenvalue weighted by Crippen LogP contribution is 2.21. The predicted octanol–water partition coefficient (Wildman–Crippen LogP) is 1.09. The molecule has 224 valence electrons. The summed E-state index contributed by atoms with van der Waals surface area (Å²) in [6.45, 7) is 6.66. The van der Waals surface area contributed by atoms with E-state index in [-0.39, 0.29) is 37.0 Å². The molecule has 0 unspecified atom stereocenters. The summed E-state index contributed by atoms with van der Waals surface area (Å²) in [6, 6.07) is 10.8. The maximum atomic E-state index is 13.5. The van der Waals surface area contributed by atoms with Crippen LogP contribution in [0.25, 0.3) is 0 Å². The Morgan fingerprint density at radius 1 is 0.976 bits per heavy atom. The molecule has 2 heterocycles. The lowest BCUT2D eigenvalue weighted by Crippen LogP contribution is -2.50. The van der Waals surface area contributed by atoms with Gasteiger partial charge in [-0.15, -0.1) is 0 Å². The first kappa shape index (κ1) is 30.8. The van der Waals surface area contributed by atoms with E-state index >= 15 is 0 Å². The summed E-state index contributed by atoms with van der Waals surface area (Å²) < 4.78 is 56.8. The van der Waals surface area contributed by atoms with E-state index in [1.54, 1.807) is 19.1 Å². The van der Waals surface area contributed by atoms with Crippen molar-refractivity contribution in [3.05, 3.63) is 59.9 Å². The minimum atomic E-state index is -3.65. The first-order chi connectivity index (χ1) is 19.7. The van der Waals surface area contributed by atoms with E-state index in [0.717, 1.165) is 13.1 Å². The van der Waals surface area contributed by atoms with E-state index in [2.05, 4.69) is 10.2 Å². The molecular formula is C28H37FN4O7S. The molecule has 2 saturated heterocycles. The summed E-state index contributed by atoms with van der Waals surface area (Å²) in [7, 11) is -3.65. The SMILES string of the molecule is C[C@@H](C(=O)NCCN1CCOCC1)N(Cc1ccc(F)cc1)C(=O)COc1ccc(S(=O)(=O)N2CCOCC2)cc1. The summed E-state index contributed by atoms with van der Waals surface area (Å²) in [4.78, 5) is 30.0. The monoisotopic (exact) mass is 592 g/mol. The molecule has 2 aromatic rings. The molecular weight excluding hydrogens is 555 g/mol. The van der Waals surface area contributed by atoms with Crippen molar-refractivity contribution in [3.8, 4) is 5.75 Å². The molecule has 0 saturated carbocycles. The van der Waals surface area contributed by atoms with Crippen LogP contribution in [0.5, 0.6) is 5.75 Å². The van der Waals surface area contributed by atoms with Gasteiger partial charge in [0.05, 0.1) is 31.3 Å². The number of carbonyl (C=O) groups is 2. The van der Waals surface area contributed by atoms with E-state index in [1.165, 1.54) is 45.6 Å². The molecule has 13 heteroatoms. The zero-order chi connectivity index (χ0) is 29.2.